The van der Waals surface area contributed by atoms with Crippen molar-refractivity contribution in [3.05, 3.63) is 47.5 Å². The van der Waals surface area contributed by atoms with Crippen LogP contribution < -0.4 is 10.5 Å². The molecule has 1 unspecified atom stereocenters. The molecule has 1 amide bonds. The number of morpholine rings is 1. The average molecular weight is 393 g/mol. The normalized spacial score (nSPS) is 20.5. The molecular weight excluding hydrogens is 368 g/mol. The molecule has 1 fully saturated rings. The summed E-state index contributed by atoms with van der Waals surface area (Å²) in [6.07, 6.45) is 3.86. The summed E-state index contributed by atoms with van der Waals surface area (Å²) in [6, 6.07) is 7.15. The maximum atomic E-state index is 11.7. The highest BCUT2D eigenvalue weighted by Gasteiger charge is 2.39. The summed E-state index contributed by atoms with van der Waals surface area (Å²) in [5.41, 5.74) is 4.70. The Morgan fingerprint density at radius 2 is 2.33 bits per heavy atom. The van der Waals surface area contributed by atoms with Crippen LogP contribution in [0.4, 0.5) is 0 Å². The number of nitrogens with zero attached hydrogens (tertiary/aromatic N) is 3. The Kier molecular flexibility index (Phi) is 6.36. The van der Waals surface area contributed by atoms with Crippen LogP contribution in [0.2, 0.25) is 5.02 Å². The van der Waals surface area contributed by atoms with Crippen LogP contribution in [0.5, 0.6) is 5.75 Å². The number of hydrogen-bond acceptors (Lipinski definition) is 5. The number of nitrogens with two attached hydrogens (primary N) is 1. The van der Waals surface area contributed by atoms with E-state index in [1.165, 1.54) is 0 Å². The summed E-state index contributed by atoms with van der Waals surface area (Å²) in [6.45, 7) is 5.64. The highest BCUT2D eigenvalue weighted by molar-refractivity contribution is 6.30. The molecule has 0 saturated carbocycles. The lowest BCUT2D eigenvalue weighted by atomic mass is 9.97. The van der Waals surface area contributed by atoms with Crippen molar-refractivity contribution in [2.45, 2.75) is 32.0 Å². The van der Waals surface area contributed by atoms with E-state index in [0.29, 0.717) is 30.5 Å². The van der Waals surface area contributed by atoms with Gasteiger partial charge in [-0.15, -0.1) is 0 Å². The number of imidazole rings is 1. The van der Waals surface area contributed by atoms with Crippen molar-refractivity contribution in [3.8, 4) is 5.75 Å². The Labute approximate surface area is 164 Å². The number of amides is 1. The van der Waals surface area contributed by atoms with Crippen LogP contribution in [0.25, 0.3) is 0 Å². The first-order chi connectivity index (χ1) is 13.0. The van der Waals surface area contributed by atoms with E-state index < -0.39 is 11.5 Å². The molecule has 0 bridgehead atoms. The summed E-state index contributed by atoms with van der Waals surface area (Å²) in [4.78, 5) is 18.4. The second-order valence-corrected chi connectivity index (χ2v) is 7.20. The van der Waals surface area contributed by atoms with Crippen LogP contribution in [-0.2, 0) is 22.6 Å². The molecule has 0 radical (unpaired) electrons. The van der Waals surface area contributed by atoms with E-state index in [-0.39, 0.29) is 13.0 Å². The van der Waals surface area contributed by atoms with Crippen LogP contribution in [0.3, 0.4) is 0 Å². The van der Waals surface area contributed by atoms with Crippen molar-refractivity contribution in [1.29, 1.82) is 0 Å². The molecule has 1 aromatic heterocycles. The average Bonchev–Trinajstić information content (AvgIpc) is 3.07. The molecule has 3 rings (SSSR count). The third-order valence-corrected chi connectivity index (χ3v) is 4.86. The monoisotopic (exact) mass is 392 g/mol. The molecule has 1 atom stereocenters. The number of rotatable bonds is 8. The number of hydrogen-bond donors (Lipinski definition) is 1. The minimum atomic E-state index is -0.796. The summed E-state index contributed by atoms with van der Waals surface area (Å²) in [5.74, 6) is 1.21. The van der Waals surface area contributed by atoms with E-state index in [1.807, 2.05) is 18.3 Å². The number of primary amides is 1. The fourth-order valence-corrected chi connectivity index (χ4v) is 3.55. The highest BCUT2D eigenvalue weighted by Crippen LogP contribution is 2.26. The Morgan fingerprint density at radius 3 is 3.07 bits per heavy atom. The van der Waals surface area contributed by atoms with Crippen LogP contribution in [-0.4, -0.2) is 52.3 Å². The van der Waals surface area contributed by atoms with Gasteiger partial charge >= 0.3 is 0 Å². The summed E-state index contributed by atoms with van der Waals surface area (Å²) >= 11 is 6.01. The second-order valence-electron chi connectivity index (χ2n) is 6.76. The first-order valence-corrected chi connectivity index (χ1v) is 9.40. The number of aryl methyl sites for hydroxylation is 1. The van der Waals surface area contributed by atoms with Gasteiger partial charge in [-0.1, -0.05) is 17.7 Å². The number of carbonyl (C=O) groups is 1. The number of aromatic nitrogens is 2. The molecule has 1 aliphatic heterocycles. The van der Waals surface area contributed by atoms with Crippen molar-refractivity contribution >= 4 is 17.5 Å². The maximum Gasteiger partial charge on any atom is 0.220 e. The van der Waals surface area contributed by atoms with Gasteiger partial charge in [-0.25, -0.2) is 4.98 Å². The van der Waals surface area contributed by atoms with Crippen LogP contribution in [0, 0.1) is 0 Å². The van der Waals surface area contributed by atoms with E-state index in [0.717, 1.165) is 18.9 Å². The zero-order chi connectivity index (χ0) is 19.3. The summed E-state index contributed by atoms with van der Waals surface area (Å²) < 4.78 is 14.0. The van der Waals surface area contributed by atoms with Gasteiger partial charge in [-0.05, 0) is 25.1 Å². The number of benzene rings is 1. The molecule has 27 heavy (non-hydrogen) atoms. The smallest absolute Gasteiger partial charge is 0.220 e. The van der Waals surface area contributed by atoms with Crippen molar-refractivity contribution in [1.82, 2.24) is 14.5 Å². The third kappa shape index (κ3) is 5.22. The van der Waals surface area contributed by atoms with Crippen molar-refractivity contribution < 1.29 is 14.3 Å². The minimum Gasteiger partial charge on any atom is -0.490 e. The predicted molar refractivity (Wildman–Crippen MR) is 103 cm³/mol. The molecule has 7 nitrogen and oxygen atoms in total. The summed E-state index contributed by atoms with van der Waals surface area (Å²) in [5, 5.41) is 0.592. The van der Waals surface area contributed by atoms with Gasteiger partial charge in [-0.3, -0.25) is 9.69 Å². The van der Waals surface area contributed by atoms with E-state index in [1.54, 1.807) is 18.3 Å². The van der Waals surface area contributed by atoms with Crippen LogP contribution >= 0.6 is 11.6 Å². The van der Waals surface area contributed by atoms with E-state index in [2.05, 4.69) is 21.4 Å². The third-order valence-electron chi connectivity index (χ3n) is 4.63. The molecule has 0 aliphatic carbocycles. The fraction of sp³-hybridized carbons (Fsp3) is 0.474. The molecule has 2 heterocycles. The largest absolute Gasteiger partial charge is 0.490 e. The number of ether oxygens (including phenoxy) is 2. The van der Waals surface area contributed by atoms with Crippen molar-refractivity contribution in [2.24, 2.45) is 5.73 Å². The quantitative estimate of drug-likeness (QED) is 0.743. The van der Waals surface area contributed by atoms with Gasteiger partial charge in [-0.2, -0.15) is 0 Å². The topological polar surface area (TPSA) is 82.6 Å². The molecule has 1 aromatic carbocycles. The Bertz CT molecular complexity index is 782. The van der Waals surface area contributed by atoms with E-state index in [4.69, 9.17) is 26.8 Å². The summed E-state index contributed by atoms with van der Waals surface area (Å²) in [7, 11) is 0. The van der Waals surface area contributed by atoms with Crippen LogP contribution in [0.1, 0.15) is 19.2 Å². The standard InChI is InChI=1S/C19H25ClN4O3/c1-2-24-7-6-22-18(24)12-23-8-9-27-19(13-23,11-17(21)25)14-26-16-5-3-4-15(20)10-16/h3-7,10H,2,8-9,11-14H2,1H3,(H2,21,25). The highest BCUT2D eigenvalue weighted by atomic mass is 35.5. The molecular formula is C19H25ClN4O3. The molecule has 1 aliphatic rings. The van der Waals surface area contributed by atoms with Crippen LogP contribution in [0.15, 0.2) is 36.7 Å². The molecule has 0 spiro atoms. The minimum absolute atomic E-state index is 0.0896. The lowest BCUT2D eigenvalue weighted by molar-refractivity contribution is -0.148. The van der Waals surface area contributed by atoms with Gasteiger partial charge in [0, 0.05) is 37.1 Å². The van der Waals surface area contributed by atoms with Gasteiger partial charge in [0.2, 0.25) is 5.91 Å². The predicted octanol–water partition coefficient (Wildman–Crippen LogP) is 2.08. The van der Waals surface area contributed by atoms with Gasteiger partial charge in [0.05, 0.1) is 19.6 Å². The van der Waals surface area contributed by atoms with Gasteiger partial charge in [0.15, 0.2) is 0 Å². The Hall–Kier alpha value is -2.09. The van der Waals surface area contributed by atoms with E-state index >= 15 is 0 Å². The van der Waals surface area contributed by atoms with Gasteiger partial charge < -0.3 is 19.8 Å². The lowest BCUT2D eigenvalue weighted by Gasteiger charge is -2.41. The fourth-order valence-electron chi connectivity index (χ4n) is 3.37. The molecule has 8 heteroatoms. The second kappa shape index (κ2) is 8.73. The Balaban J connectivity index is 1.71. The molecule has 2 aromatic rings. The molecule has 146 valence electrons. The maximum absolute atomic E-state index is 11.7. The zero-order valence-electron chi connectivity index (χ0n) is 15.4. The van der Waals surface area contributed by atoms with E-state index in [9.17, 15) is 4.79 Å². The first-order valence-electron chi connectivity index (χ1n) is 9.03. The lowest BCUT2D eigenvalue weighted by Crippen LogP contribution is -2.56. The molecule has 1 saturated heterocycles. The molecule has 2 N–H and O–H groups in total. The van der Waals surface area contributed by atoms with Crippen molar-refractivity contribution in [3.63, 3.8) is 0 Å². The first kappa shape index (κ1) is 19.7. The van der Waals surface area contributed by atoms with Gasteiger partial charge in [0.1, 0.15) is 23.8 Å². The SMILES string of the molecule is CCn1ccnc1CN1CCOC(COc2cccc(Cl)c2)(CC(N)=O)C1. The number of halogens is 1. The zero-order valence-corrected chi connectivity index (χ0v) is 16.2. The number of carbonyl (C=O) groups excluding carboxylic acids is 1. The van der Waals surface area contributed by atoms with Crippen molar-refractivity contribution in [2.75, 3.05) is 26.3 Å². The van der Waals surface area contributed by atoms with Gasteiger partial charge in [0.25, 0.3) is 0 Å². The Morgan fingerprint density at radius 1 is 1.48 bits per heavy atom.